The third-order valence-electron chi connectivity index (χ3n) is 3.66. The number of benzene rings is 1. The second-order valence-electron chi connectivity index (χ2n) is 5.75. The molecule has 0 fully saturated rings. The highest BCUT2D eigenvalue weighted by Gasteiger charge is 2.23. The van der Waals surface area contributed by atoms with Gasteiger partial charge in [0.2, 0.25) is 5.91 Å². The van der Waals surface area contributed by atoms with Crippen LogP contribution >= 0.6 is 0 Å². The Balaban J connectivity index is 2.14. The van der Waals surface area contributed by atoms with E-state index in [1.807, 2.05) is 0 Å². The molecule has 1 heterocycles. The number of carbonyl (C=O) groups excluding carboxylic acids is 1. The number of hydrogen-bond donors (Lipinski definition) is 1. The van der Waals surface area contributed by atoms with Crippen LogP contribution < -0.4 is 5.32 Å². The molecule has 10 nitrogen and oxygen atoms in total. The van der Waals surface area contributed by atoms with Gasteiger partial charge in [-0.15, -0.1) is 0 Å². The predicted octanol–water partition coefficient (Wildman–Crippen LogP) is 2.59. The molecule has 0 radical (unpaired) electrons. The van der Waals surface area contributed by atoms with Crippen molar-refractivity contribution in [2.75, 3.05) is 5.32 Å². The molecule has 2 aromatic rings. The second-order valence-corrected chi connectivity index (χ2v) is 5.75. The van der Waals surface area contributed by atoms with E-state index in [4.69, 9.17) is 0 Å². The van der Waals surface area contributed by atoms with Crippen LogP contribution in [0.15, 0.2) is 24.3 Å². The Morgan fingerprint density at radius 3 is 2.48 bits per heavy atom. The third-order valence-corrected chi connectivity index (χ3v) is 3.66. The zero-order valence-corrected chi connectivity index (χ0v) is 13.9. The fourth-order valence-corrected chi connectivity index (χ4v) is 2.26. The molecule has 0 aliphatic heterocycles. The fraction of sp³-hybridized carbons (Fsp3) is 0.333. The van der Waals surface area contributed by atoms with Crippen molar-refractivity contribution >= 4 is 23.1 Å². The van der Waals surface area contributed by atoms with E-state index < -0.39 is 21.7 Å². The summed E-state index contributed by atoms with van der Waals surface area (Å²) in [7, 11) is 0. The number of nitro groups is 2. The lowest BCUT2D eigenvalue weighted by Crippen LogP contribution is -2.25. The van der Waals surface area contributed by atoms with E-state index >= 15 is 0 Å². The quantitative estimate of drug-likeness (QED) is 0.630. The van der Waals surface area contributed by atoms with Crippen molar-refractivity contribution in [3.05, 3.63) is 55.8 Å². The highest BCUT2D eigenvalue weighted by Crippen LogP contribution is 2.26. The van der Waals surface area contributed by atoms with Crippen molar-refractivity contribution in [2.24, 2.45) is 5.92 Å². The van der Waals surface area contributed by atoms with Crippen LogP contribution in [0.2, 0.25) is 0 Å². The largest absolute Gasteiger partial charge is 0.390 e. The Hall–Kier alpha value is -3.30. The van der Waals surface area contributed by atoms with E-state index in [0.717, 1.165) is 0 Å². The molecule has 1 N–H and O–H groups in total. The van der Waals surface area contributed by atoms with Gasteiger partial charge in [0, 0.05) is 6.07 Å². The minimum absolute atomic E-state index is 0.107. The van der Waals surface area contributed by atoms with Gasteiger partial charge in [-0.25, -0.2) is 0 Å². The van der Waals surface area contributed by atoms with Crippen LogP contribution in [0, 0.1) is 40.0 Å². The van der Waals surface area contributed by atoms with Crippen molar-refractivity contribution in [1.82, 2.24) is 9.78 Å². The summed E-state index contributed by atoms with van der Waals surface area (Å²) in [5.74, 6) is -1.33. The smallest absolute Gasteiger partial charge is 0.358 e. The predicted molar refractivity (Wildman–Crippen MR) is 89.2 cm³/mol. The summed E-state index contributed by atoms with van der Waals surface area (Å²) < 4.78 is 1.37. The Bertz CT molecular complexity index is 845. The van der Waals surface area contributed by atoms with Crippen LogP contribution in [-0.4, -0.2) is 25.5 Å². The van der Waals surface area contributed by atoms with Crippen LogP contribution in [0.25, 0.3) is 0 Å². The monoisotopic (exact) mass is 347 g/mol. The number of amides is 1. The molecule has 132 valence electrons. The first-order valence-corrected chi connectivity index (χ1v) is 7.43. The summed E-state index contributed by atoms with van der Waals surface area (Å²) in [5, 5.41) is 28.2. The van der Waals surface area contributed by atoms with Crippen LogP contribution in [0.5, 0.6) is 0 Å². The van der Waals surface area contributed by atoms with Gasteiger partial charge in [-0.2, -0.15) is 4.68 Å². The van der Waals surface area contributed by atoms with Crippen molar-refractivity contribution in [3.63, 3.8) is 0 Å². The number of nitrogens with zero attached hydrogens (tertiary/aromatic N) is 4. The Morgan fingerprint density at radius 1 is 1.24 bits per heavy atom. The SMILES string of the molecule is Cc1ccc(NC(=O)C(C)Cn2nc([N+](=O)[O-])cc2C)c([N+](=O)[O-])c1. The van der Waals surface area contributed by atoms with Crippen LogP contribution in [-0.2, 0) is 11.3 Å². The first-order valence-electron chi connectivity index (χ1n) is 7.43. The van der Waals surface area contributed by atoms with E-state index in [-0.39, 0.29) is 23.7 Å². The molecule has 25 heavy (non-hydrogen) atoms. The highest BCUT2D eigenvalue weighted by molar-refractivity contribution is 5.94. The molecule has 1 aromatic carbocycles. The van der Waals surface area contributed by atoms with Gasteiger partial charge in [0.25, 0.3) is 5.69 Å². The lowest BCUT2D eigenvalue weighted by atomic mass is 10.1. The summed E-state index contributed by atoms with van der Waals surface area (Å²) >= 11 is 0. The number of rotatable bonds is 6. The zero-order valence-electron chi connectivity index (χ0n) is 13.9. The van der Waals surface area contributed by atoms with E-state index in [2.05, 4.69) is 10.4 Å². The summed E-state index contributed by atoms with van der Waals surface area (Å²) in [5.41, 5.74) is 1.17. The maximum absolute atomic E-state index is 12.3. The lowest BCUT2D eigenvalue weighted by molar-refractivity contribution is -0.389. The lowest BCUT2D eigenvalue weighted by Gasteiger charge is -2.12. The fourth-order valence-electron chi connectivity index (χ4n) is 2.26. The topological polar surface area (TPSA) is 133 Å². The van der Waals surface area contributed by atoms with Gasteiger partial charge in [-0.1, -0.05) is 13.0 Å². The number of carbonyl (C=O) groups is 1. The molecule has 0 aliphatic carbocycles. The first-order chi connectivity index (χ1) is 11.7. The molecule has 10 heteroatoms. The number of hydrogen-bond acceptors (Lipinski definition) is 6. The number of nitro benzene ring substituents is 1. The van der Waals surface area contributed by atoms with E-state index in [1.54, 1.807) is 26.8 Å². The maximum atomic E-state index is 12.3. The van der Waals surface area contributed by atoms with Gasteiger partial charge in [0.05, 0.1) is 34.2 Å². The Labute approximate surface area is 142 Å². The van der Waals surface area contributed by atoms with Crippen LogP contribution in [0.4, 0.5) is 17.2 Å². The summed E-state index contributed by atoms with van der Waals surface area (Å²) in [4.78, 5) is 33.0. The van der Waals surface area contributed by atoms with Crippen molar-refractivity contribution in [1.29, 1.82) is 0 Å². The number of nitrogens with one attached hydrogen (secondary N) is 1. The minimum atomic E-state index is -0.607. The normalized spacial score (nSPS) is 11.8. The van der Waals surface area contributed by atoms with Gasteiger partial charge in [-0.3, -0.25) is 14.9 Å². The van der Waals surface area contributed by atoms with Crippen molar-refractivity contribution < 1.29 is 14.6 Å². The summed E-state index contributed by atoms with van der Waals surface area (Å²) in [6, 6.07) is 5.83. The van der Waals surface area contributed by atoms with E-state index in [0.29, 0.717) is 11.3 Å². The van der Waals surface area contributed by atoms with E-state index in [9.17, 15) is 25.0 Å². The van der Waals surface area contributed by atoms with Crippen LogP contribution in [0.1, 0.15) is 18.2 Å². The number of aromatic nitrogens is 2. The van der Waals surface area contributed by atoms with Crippen molar-refractivity contribution in [3.8, 4) is 0 Å². The second kappa shape index (κ2) is 7.07. The first kappa shape index (κ1) is 18.0. The van der Waals surface area contributed by atoms with Gasteiger partial charge in [-0.05, 0) is 30.4 Å². The molecular formula is C15H17N5O5. The number of aryl methyl sites for hydroxylation is 2. The molecule has 0 spiro atoms. The average Bonchev–Trinajstić information content (AvgIpc) is 2.90. The molecule has 1 unspecified atom stereocenters. The van der Waals surface area contributed by atoms with Gasteiger partial charge >= 0.3 is 5.82 Å². The van der Waals surface area contributed by atoms with Crippen molar-refractivity contribution in [2.45, 2.75) is 27.3 Å². The third kappa shape index (κ3) is 4.16. The molecule has 0 saturated heterocycles. The van der Waals surface area contributed by atoms with Gasteiger partial charge in [0.1, 0.15) is 5.69 Å². The molecular weight excluding hydrogens is 330 g/mol. The zero-order chi connectivity index (χ0) is 18.7. The molecule has 1 aromatic heterocycles. The molecule has 1 amide bonds. The average molecular weight is 347 g/mol. The minimum Gasteiger partial charge on any atom is -0.358 e. The maximum Gasteiger partial charge on any atom is 0.390 e. The Morgan fingerprint density at radius 2 is 1.92 bits per heavy atom. The van der Waals surface area contributed by atoms with E-state index in [1.165, 1.54) is 22.9 Å². The molecule has 0 saturated carbocycles. The summed E-state index contributed by atoms with van der Waals surface area (Å²) in [6.45, 7) is 5.09. The highest BCUT2D eigenvalue weighted by atomic mass is 16.6. The molecule has 2 rings (SSSR count). The Kier molecular flexibility index (Phi) is 5.11. The summed E-state index contributed by atoms with van der Waals surface area (Å²) in [6.07, 6.45) is 0. The molecule has 0 bridgehead atoms. The van der Waals surface area contributed by atoms with Crippen LogP contribution in [0.3, 0.4) is 0 Å². The van der Waals surface area contributed by atoms with Gasteiger partial charge in [0.15, 0.2) is 0 Å². The number of anilines is 1. The molecule has 0 aliphatic rings. The molecule has 1 atom stereocenters. The standard InChI is InChI=1S/C15H17N5O5/c1-9-4-5-12(13(6-9)19(22)23)16-15(21)10(2)8-18-11(3)7-14(17-18)20(24)25/h4-7,10H,8H2,1-3H3,(H,16,21). The van der Waals surface area contributed by atoms with Gasteiger partial charge < -0.3 is 15.4 Å².